The summed E-state index contributed by atoms with van der Waals surface area (Å²) < 4.78 is 20.0. The molecule has 1 heterocycles. The van der Waals surface area contributed by atoms with Crippen molar-refractivity contribution in [1.29, 1.82) is 0 Å². The van der Waals surface area contributed by atoms with Gasteiger partial charge in [-0.2, -0.15) is 0 Å². The lowest BCUT2D eigenvalue weighted by molar-refractivity contribution is 0.611. The van der Waals surface area contributed by atoms with Crippen LogP contribution in [0, 0.1) is 0 Å². The third kappa shape index (κ3) is 4.32. The molecule has 8 heteroatoms. The number of anilines is 2. The van der Waals surface area contributed by atoms with E-state index in [2.05, 4.69) is 15.4 Å². The van der Waals surface area contributed by atoms with Crippen molar-refractivity contribution in [2.45, 2.75) is 5.03 Å². The molecule has 0 saturated carbocycles. The minimum atomic E-state index is -2.56. The van der Waals surface area contributed by atoms with E-state index < -0.39 is 10.7 Å². The van der Waals surface area contributed by atoms with Gasteiger partial charge in [0.2, 0.25) is 0 Å². The molecule has 2 aromatic carbocycles. The molecular weight excluding hydrogens is 302 g/mol. The van der Waals surface area contributed by atoms with Crippen LogP contribution in [0.15, 0.2) is 59.8 Å². The number of H-pyrrole nitrogens is 1. The second-order valence-corrected chi connectivity index (χ2v) is 5.31. The summed E-state index contributed by atoms with van der Waals surface area (Å²) >= 11 is 0. The molecule has 0 saturated heterocycles. The smallest absolute Gasteiger partial charge is 0.194 e. The number of hydrogen-bond donors (Lipinski definition) is 4. The maximum atomic E-state index is 9.98. The normalized spacial score (nSPS) is 10.0. The van der Waals surface area contributed by atoms with Crippen molar-refractivity contribution in [3.05, 3.63) is 54.7 Å². The first-order valence-corrected chi connectivity index (χ1v) is 7.46. The number of aromatic nitrogens is 3. The van der Waals surface area contributed by atoms with Gasteiger partial charge in [-0.25, -0.2) is 8.42 Å². The van der Waals surface area contributed by atoms with Crippen molar-refractivity contribution in [2.24, 2.45) is 0 Å². The highest BCUT2D eigenvalue weighted by atomic mass is 32.2. The molecule has 22 heavy (non-hydrogen) atoms. The van der Waals surface area contributed by atoms with E-state index in [0.717, 1.165) is 22.5 Å². The van der Waals surface area contributed by atoms with Gasteiger partial charge in [0.25, 0.3) is 0 Å². The summed E-state index contributed by atoms with van der Waals surface area (Å²) in [4.78, 5) is 0. The monoisotopic (exact) mass is 317 g/mol. The van der Waals surface area contributed by atoms with Crippen molar-refractivity contribution in [3.8, 4) is 11.1 Å². The van der Waals surface area contributed by atoms with Crippen LogP contribution < -0.4 is 11.5 Å². The summed E-state index contributed by atoms with van der Waals surface area (Å²) in [6.45, 7) is 0. The van der Waals surface area contributed by atoms with E-state index in [1.807, 2.05) is 48.5 Å². The zero-order valence-corrected chi connectivity index (χ0v) is 12.4. The molecule has 0 radical (unpaired) electrons. The number of aromatic amines is 1. The average molecular weight is 317 g/mol. The van der Waals surface area contributed by atoms with Crippen LogP contribution in [0.4, 0.5) is 11.4 Å². The number of benzene rings is 2. The van der Waals surface area contributed by atoms with Gasteiger partial charge in [-0.05, 0) is 35.4 Å². The minimum absolute atomic E-state index is 0.0278. The van der Waals surface area contributed by atoms with Crippen LogP contribution in [0.3, 0.4) is 0 Å². The van der Waals surface area contributed by atoms with Gasteiger partial charge in [0.05, 0.1) is 6.20 Å². The fourth-order valence-corrected chi connectivity index (χ4v) is 1.92. The Kier molecular flexibility index (Phi) is 5.10. The van der Waals surface area contributed by atoms with Gasteiger partial charge in [-0.1, -0.05) is 29.5 Å². The van der Waals surface area contributed by atoms with Crippen LogP contribution in [0.25, 0.3) is 11.1 Å². The lowest BCUT2D eigenvalue weighted by Gasteiger charge is -2.02. The van der Waals surface area contributed by atoms with Crippen LogP contribution in [0.5, 0.6) is 0 Å². The molecule has 0 fully saturated rings. The Morgan fingerprint density at radius 3 is 1.55 bits per heavy atom. The molecule has 0 unspecified atom stereocenters. The molecule has 5 N–H and O–H groups in total. The first-order chi connectivity index (χ1) is 10.6. The van der Waals surface area contributed by atoms with E-state index in [-0.39, 0.29) is 5.03 Å². The average Bonchev–Trinajstić information content (AvgIpc) is 3.04. The number of rotatable bonds is 2. The van der Waals surface area contributed by atoms with Gasteiger partial charge in [-0.3, -0.25) is 5.10 Å². The first-order valence-electron chi connectivity index (χ1n) is 6.28. The first kappa shape index (κ1) is 15.5. The standard InChI is InChI=1S/C12H12N2.C2H3N3O2S/c13-11-5-1-9(2-6-11)10-3-7-12(14)8-4-10;6-8(7)2-1-3-5-4-2/h1-8H,13-14H2;1,8H,(H,3,4,5). The molecule has 3 rings (SSSR count). The molecule has 1 aromatic heterocycles. The Balaban J connectivity index is 0.000000188. The molecular formula is C14H15N5O2S. The number of nitrogen functional groups attached to an aromatic ring is 2. The summed E-state index contributed by atoms with van der Waals surface area (Å²) in [6, 6.07) is 15.6. The van der Waals surface area contributed by atoms with Crippen LogP contribution >= 0.6 is 0 Å². The van der Waals surface area contributed by atoms with Crippen molar-refractivity contribution >= 4 is 22.1 Å². The molecule has 0 aliphatic heterocycles. The lowest BCUT2D eigenvalue weighted by Crippen LogP contribution is -1.85. The fourth-order valence-electron chi connectivity index (χ4n) is 1.64. The third-order valence-corrected chi connectivity index (χ3v) is 3.34. The van der Waals surface area contributed by atoms with E-state index in [1.54, 1.807) is 0 Å². The topological polar surface area (TPSA) is 128 Å². The Hall–Kier alpha value is -2.87. The van der Waals surface area contributed by atoms with Crippen molar-refractivity contribution < 1.29 is 8.42 Å². The van der Waals surface area contributed by atoms with Crippen LogP contribution in [-0.4, -0.2) is 23.8 Å². The van der Waals surface area contributed by atoms with E-state index in [1.165, 1.54) is 6.20 Å². The van der Waals surface area contributed by atoms with Gasteiger partial charge in [-0.15, -0.1) is 5.10 Å². The molecule has 0 amide bonds. The Bertz CT molecular complexity index is 730. The zero-order valence-electron chi connectivity index (χ0n) is 11.5. The number of nitrogens with two attached hydrogens (primary N) is 2. The maximum Gasteiger partial charge on any atom is 0.194 e. The Labute approximate surface area is 128 Å². The van der Waals surface area contributed by atoms with E-state index in [9.17, 15) is 8.42 Å². The molecule has 0 atom stereocenters. The highest BCUT2D eigenvalue weighted by Crippen LogP contribution is 2.21. The Morgan fingerprint density at radius 1 is 0.818 bits per heavy atom. The van der Waals surface area contributed by atoms with E-state index >= 15 is 0 Å². The lowest BCUT2D eigenvalue weighted by atomic mass is 10.1. The van der Waals surface area contributed by atoms with Gasteiger partial charge >= 0.3 is 0 Å². The number of thiol groups is 1. The summed E-state index contributed by atoms with van der Waals surface area (Å²) in [5.74, 6) is 0. The summed E-state index contributed by atoms with van der Waals surface area (Å²) in [7, 11) is -2.56. The summed E-state index contributed by atoms with van der Waals surface area (Å²) in [5, 5.41) is 8.64. The van der Waals surface area contributed by atoms with Gasteiger partial charge in [0.15, 0.2) is 15.7 Å². The molecule has 7 nitrogen and oxygen atoms in total. The maximum absolute atomic E-state index is 9.98. The van der Waals surface area contributed by atoms with Crippen LogP contribution in [-0.2, 0) is 10.7 Å². The predicted octanol–water partition coefficient (Wildman–Crippen LogP) is 1.29. The Morgan fingerprint density at radius 2 is 1.27 bits per heavy atom. The molecule has 114 valence electrons. The predicted molar refractivity (Wildman–Crippen MR) is 85.7 cm³/mol. The third-order valence-electron chi connectivity index (χ3n) is 2.75. The van der Waals surface area contributed by atoms with Gasteiger partial charge in [0.1, 0.15) is 0 Å². The van der Waals surface area contributed by atoms with Crippen molar-refractivity contribution in [1.82, 2.24) is 15.4 Å². The van der Waals surface area contributed by atoms with Gasteiger partial charge < -0.3 is 11.5 Å². The molecule has 3 aromatic rings. The van der Waals surface area contributed by atoms with Gasteiger partial charge in [0, 0.05) is 11.4 Å². The second kappa shape index (κ2) is 7.23. The summed E-state index contributed by atoms with van der Waals surface area (Å²) in [5.41, 5.74) is 15.1. The quantitative estimate of drug-likeness (QED) is 0.416. The second-order valence-electron chi connectivity index (χ2n) is 4.33. The van der Waals surface area contributed by atoms with Crippen LogP contribution in [0.1, 0.15) is 0 Å². The highest BCUT2D eigenvalue weighted by molar-refractivity contribution is 7.72. The number of nitrogens with zero attached hydrogens (tertiary/aromatic N) is 2. The van der Waals surface area contributed by atoms with Crippen molar-refractivity contribution in [3.63, 3.8) is 0 Å². The fraction of sp³-hybridized carbons (Fsp3) is 0. The number of hydrogen-bond acceptors (Lipinski definition) is 6. The van der Waals surface area contributed by atoms with E-state index in [0.29, 0.717) is 0 Å². The van der Waals surface area contributed by atoms with Crippen molar-refractivity contribution in [2.75, 3.05) is 11.5 Å². The minimum Gasteiger partial charge on any atom is -0.399 e. The summed E-state index contributed by atoms with van der Waals surface area (Å²) in [6.07, 6.45) is 1.21. The largest absolute Gasteiger partial charge is 0.399 e. The number of nitrogens with one attached hydrogen (secondary N) is 1. The molecule has 0 aliphatic carbocycles. The van der Waals surface area contributed by atoms with Crippen LogP contribution in [0.2, 0.25) is 0 Å². The SMILES string of the molecule is Nc1ccc(-c2ccc(N)cc2)cc1.O=[SH](=O)c1c[nH]nn1. The van der Waals surface area contributed by atoms with E-state index in [4.69, 9.17) is 11.5 Å². The molecule has 0 spiro atoms. The molecule has 0 aliphatic rings. The molecule has 0 bridgehead atoms. The zero-order chi connectivity index (χ0) is 15.9. The highest BCUT2D eigenvalue weighted by Gasteiger charge is 1.96.